The number of carbonyl (C=O) groups excluding carboxylic acids is 1. The van der Waals surface area contributed by atoms with E-state index in [1.807, 2.05) is 0 Å². The number of halogens is 1. The van der Waals surface area contributed by atoms with Crippen LogP contribution in [0.1, 0.15) is 13.8 Å². The fourth-order valence-corrected chi connectivity index (χ4v) is 4.58. The molecule has 2 aromatic carbocycles. The first-order valence-electron chi connectivity index (χ1n) is 9.49. The number of fused-ring (bicyclic) bond motifs is 1. The average molecular weight is 451 g/mol. The molecule has 0 bridgehead atoms. The van der Waals surface area contributed by atoms with Crippen LogP contribution in [0.5, 0.6) is 0 Å². The number of hydrogen-bond acceptors (Lipinski definition) is 5. The van der Waals surface area contributed by atoms with Crippen LogP contribution in [0.2, 0.25) is 5.02 Å². The SMILES string of the molecule is CCN(CC)S(=O)(=O)c1ccc2c(c1)nnn2CCNC(=O)Nc1ccc(Cl)cc1. The third-order valence-electron chi connectivity index (χ3n) is 4.54. The van der Waals surface area contributed by atoms with E-state index < -0.39 is 10.0 Å². The number of rotatable bonds is 8. The maximum atomic E-state index is 12.7. The molecule has 1 aromatic heterocycles. The van der Waals surface area contributed by atoms with Gasteiger partial charge in [-0.05, 0) is 42.5 Å². The van der Waals surface area contributed by atoms with Gasteiger partial charge >= 0.3 is 6.03 Å². The van der Waals surface area contributed by atoms with Gasteiger partial charge in [-0.15, -0.1) is 5.10 Å². The molecule has 0 atom stereocenters. The smallest absolute Gasteiger partial charge is 0.319 e. The lowest BCUT2D eigenvalue weighted by Crippen LogP contribution is -2.31. The lowest BCUT2D eigenvalue weighted by atomic mass is 10.3. The molecular weight excluding hydrogens is 428 g/mol. The van der Waals surface area contributed by atoms with Crippen LogP contribution in [0, 0.1) is 0 Å². The lowest BCUT2D eigenvalue weighted by molar-refractivity contribution is 0.251. The highest BCUT2D eigenvalue weighted by Crippen LogP contribution is 2.20. The van der Waals surface area contributed by atoms with Gasteiger partial charge in [-0.1, -0.05) is 30.7 Å². The Morgan fingerprint density at radius 3 is 2.50 bits per heavy atom. The molecule has 0 saturated heterocycles. The second-order valence-corrected chi connectivity index (χ2v) is 8.81. The highest BCUT2D eigenvalue weighted by Gasteiger charge is 2.22. The van der Waals surface area contributed by atoms with Gasteiger partial charge in [0.05, 0.1) is 17.0 Å². The molecule has 0 spiro atoms. The number of nitrogens with zero attached hydrogens (tertiary/aromatic N) is 4. The number of aromatic nitrogens is 3. The van der Waals surface area contributed by atoms with Crippen molar-refractivity contribution in [1.82, 2.24) is 24.6 Å². The van der Waals surface area contributed by atoms with E-state index in [0.717, 1.165) is 0 Å². The number of amides is 2. The Balaban J connectivity index is 1.63. The Morgan fingerprint density at radius 1 is 1.13 bits per heavy atom. The van der Waals surface area contributed by atoms with Gasteiger partial charge in [0.2, 0.25) is 10.0 Å². The second-order valence-electron chi connectivity index (χ2n) is 6.44. The fourth-order valence-electron chi connectivity index (χ4n) is 2.97. The monoisotopic (exact) mass is 450 g/mol. The molecule has 2 N–H and O–H groups in total. The minimum atomic E-state index is -3.56. The van der Waals surface area contributed by atoms with Gasteiger partial charge in [0.1, 0.15) is 5.52 Å². The molecule has 30 heavy (non-hydrogen) atoms. The molecule has 0 aliphatic heterocycles. The Kier molecular flexibility index (Phi) is 6.91. The summed E-state index contributed by atoms with van der Waals surface area (Å²) in [6.45, 7) is 5.09. The van der Waals surface area contributed by atoms with Gasteiger partial charge in [0.25, 0.3) is 0 Å². The van der Waals surface area contributed by atoms with E-state index in [4.69, 9.17) is 11.6 Å². The molecule has 3 rings (SSSR count). The van der Waals surface area contributed by atoms with E-state index in [1.54, 1.807) is 54.9 Å². The Labute approximate surface area is 180 Å². The maximum absolute atomic E-state index is 12.7. The van der Waals surface area contributed by atoms with Crippen molar-refractivity contribution in [1.29, 1.82) is 0 Å². The van der Waals surface area contributed by atoms with Gasteiger partial charge in [-0.2, -0.15) is 4.31 Å². The zero-order valence-corrected chi connectivity index (χ0v) is 18.2. The molecule has 0 radical (unpaired) electrons. The van der Waals surface area contributed by atoms with E-state index in [0.29, 0.717) is 47.9 Å². The number of sulfonamides is 1. The van der Waals surface area contributed by atoms with Crippen molar-refractivity contribution < 1.29 is 13.2 Å². The normalized spacial score (nSPS) is 11.7. The molecule has 0 aliphatic rings. The number of hydrogen-bond donors (Lipinski definition) is 2. The van der Waals surface area contributed by atoms with Gasteiger partial charge in [0.15, 0.2) is 0 Å². The highest BCUT2D eigenvalue weighted by atomic mass is 35.5. The van der Waals surface area contributed by atoms with Crippen LogP contribution in [0.25, 0.3) is 11.0 Å². The molecule has 11 heteroatoms. The molecule has 0 unspecified atom stereocenters. The molecule has 1 heterocycles. The maximum Gasteiger partial charge on any atom is 0.319 e. The standard InChI is InChI=1S/C19H23ClN6O3S/c1-3-25(4-2)30(28,29)16-9-10-18-17(13-16)23-24-26(18)12-11-21-19(27)22-15-7-5-14(20)6-8-15/h5-10,13H,3-4,11-12H2,1-2H3,(H2,21,22,27). The van der Waals surface area contributed by atoms with Crippen molar-refractivity contribution in [3.05, 3.63) is 47.5 Å². The summed E-state index contributed by atoms with van der Waals surface area (Å²) < 4.78 is 28.3. The molecule has 0 saturated carbocycles. The minimum Gasteiger partial charge on any atom is -0.336 e. The van der Waals surface area contributed by atoms with E-state index in [2.05, 4.69) is 20.9 Å². The van der Waals surface area contributed by atoms with Crippen molar-refractivity contribution in [2.75, 3.05) is 25.0 Å². The van der Waals surface area contributed by atoms with Crippen LogP contribution < -0.4 is 10.6 Å². The Morgan fingerprint density at radius 2 is 1.83 bits per heavy atom. The zero-order valence-electron chi connectivity index (χ0n) is 16.7. The third kappa shape index (κ3) is 4.89. The first-order valence-corrected chi connectivity index (χ1v) is 11.3. The summed E-state index contributed by atoms with van der Waals surface area (Å²) >= 11 is 5.82. The Hall–Kier alpha value is -2.69. The van der Waals surface area contributed by atoms with Gasteiger partial charge in [-0.3, -0.25) is 0 Å². The summed E-state index contributed by atoms with van der Waals surface area (Å²) in [5, 5.41) is 14.2. The van der Waals surface area contributed by atoms with E-state index >= 15 is 0 Å². The quantitative estimate of drug-likeness (QED) is 0.548. The average Bonchev–Trinajstić information content (AvgIpc) is 3.13. The van der Waals surface area contributed by atoms with Crippen molar-refractivity contribution >= 4 is 44.4 Å². The zero-order chi connectivity index (χ0) is 21.7. The lowest BCUT2D eigenvalue weighted by Gasteiger charge is -2.18. The first kappa shape index (κ1) is 22.0. The molecule has 9 nitrogen and oxygen atoms in total. The van der Waals surface area contributed by atoms with Crippen molar-refractivity contribution in [2.24, 2.45) is 0 Å². The summed E-state index contributed by atoms with van der Waals surface area (Å²) in [6, 6.07) is 11.2. The first-order chi connectivity index (χ1) is 14.3. The highest BCUT2D eigenvalue weighted by molar-refractivity contribution is 7.89. The summed E-state index contributed by atoms with van der Waals surface area (Å²) in [5.74, 6) is 0. The van der Waals surface area contributed by atoms with Crippen LogP contribution in [0.3, 0.4) is 0 Å². The second kappa shape index (κ2) is 9.41. The van der Waals surface area contributed by atoms with Crippen LogP contribution in [0.15, 0.2) is 47.4 Å². The summed E-state index contributed by atoms with van der Waals surface area (Å²) in [6.07, 6.45) is 0. The molecule has 0 fully saturated rings. The van der Waals surface area contributed by atoms with E-state index in [-0.39, 0.29) is 10.9 Å². The topological polar surface area (TPSA) is 109 Å². The molecular formula is C19H23ClN6O3S. The molecule has 3 aromatic rings. The number of benzene rings is 2. The van der Waals surface area contributed by atoms with E-state index in [1.165, 1.54) is 10.4 Å². The summed E-state index contributed by atoms with van der Waals surface area (Å²) in [7, 11) is -3.56. The number of carbonyl (C=O) groups is 1. The summed E-state index contributed by atoms with van der Waals surface area (Å²) in [4.78, 5) is 12.2. The van der Waals surface area contributed by atoms with Gasteiger partial charge < -0.3 is 10.6 Å². The van der Waals surface area contributed by atoms with Gasteiger partial charge in [-0.25, -0.2) is 17.9 Å². The Bertz CT molecular complexity index is 1130. The van der Waals surface area contributed by atoms with E-state index in [9.17, 15) is 13.2 Å². The van der Waals surface area contributed by atoms with Crippen LogP contribution >= 0.6 is 11.6 Å². The summed E-state index contributed by atoms with van der Waals surface area (Å²) in [5.41, 5.74) is 1.80. The van der Waals surface area contributed by atoms with Crippen molar-refractivity contribution in [2.45, 2.75) is 25.3 Å². The van der Waals surface area contributed by atoms with Crippen molar-refractivity contribution in [3.63, 3.8) is 0 Å². The number of nitrogens with one attached hydrogen (secondary N) is 2. The van der Waals surface area contributed by atoms with Crippen LogP contribution in [0.4, 0.5) is 10.5 Å². The number of anilines is 1. The van der Waals surface area contributed by atoms with Crippen molar-refractivity contribution in [3.8, 4) is 0 Å². The largest absolute Gasteiger partial charge is 0.336 e. The molecule has 160 valence electrons. The van der Waals surface area contributed by atoms with Crippen LogP contribution in [-0.2, 0) is 16.6 Å². The number of urea groups is 1. The predicted octanol–water partition coefficient (Wildman–Crippen LogP) is 2.94. The molecule has 2 amide bonds. The minimum absolute atomic E-state index is 0.186. The predicted molar refractivity (Wildman–Crippen MR) is 116 cm³/mol. The fraction of sp³-hybridized carbons (Fsp3) is 0.316. The van der Waals surface area contributed by atoms with Crippen LogP contribution in [-0.4, -0.2) is 53.4 Å². The van der Waals surface area contributed by atoms with Gasteiger partial charge in [0, 0.05) is 30.3 Å². The third-order valence-corrected chi connectivity index (χ3v) is 6.84. The molecule has 0 aliphatic carbocycles.